The summed E-state index contributed by atoms with van der Waals surface area (Å²) in [5, 5.41) is 2.88. The maximum atomic E-state index is 11.8. The average Bonchev–Trinajstić information content (AvgIpc) is 2.52. The highest BCUT2D eigenvalue weighted by Gasteiger charge is 2.05. The summed E-state index contributed by atoms with van der Waals surface area (Å²) in [6, 6.07) is 15.7. The van der Waals surface area contributed by atoms with Gasteiger partial charge in [-0.1, -0.05) is 24.3 Å². The second-order valence-corrected chi connectivity index (χ2v) is 4.60. The van der Waals surface area contributed by atoms with Crippen LogP contribution in [0.5, 0.6) is 0 Å². The Labute approximate surface area is 119 Å². The van der Waals surface area contributed by atoms with Crippen LogP contribution in [0.4, 0.5) is 5.69 Å². The molecule has 4 heteroatoms. The predicted molar refractivity (Wildman–Crippen MR) is 80.4 cm³/mol. The minimum absolute atomic E-state index is 0.0402. The summed E-state index contributed by atoms with van der Waals surface area (Å²) >= 11 is 0. The summed E-state index contributed by atoms with van der Waals surface area (Å²) in [6.45, 7) is 1.17. The molecule has 1 aromatic carbocycles. The Morgan fingerprint density at radius 3 is 2.60 bits per heavy atom. The Morgan fingerprint density at radius 2 is 1.90 bits per heavy atom. The van der Waals surface area contributed by atoms with E-state index in [1.165, 1.54) is 0 Å². The fraction of sp³-hybridized carbons (Fsp3) is 0.250. The van der Waals surface area contributed by atoms with E-state index in [1.807, 2.05) is 55.6 Å². The van der Waals surface area contributed by atoms with Crippen molar-refractivity contribution in [1.82, 2.24) is 10.3 Å². The quantitative estimate of drug-likeness (QED) is 0.874. The van der Waals surface area contributed by atoms with E-state index in [1.54, 1.807) is 6.20 Å². The van der Waals surface area contributed by atoms with Crippen molar-refractivity contribution in [2.45, 2.75) is 13.0 Å². The van der Waals surface area contributed by atoms with E-state index in [0.717, 1.165) is 11.4 Å². The van der Waals surface area contributed by atoms with Gasteiger partial charge in [0.2, 0.25) is 5.91 Å². The van der Waals surface area contributed by atoms with Crippen LogP contribution in [0.1, 0.15) is 12.1 Å². The molecule has 0 saturated heterocycles. The molecule has 1 amide bonds. The number of benzene rings is 1. The van der Waals surface area contributed by atoms with Crippen molar-refractivity contribution >= 4 is 11.6 Å². The molecular formula is C16H19N3O. The summed E-state index contributed by atoms with van der Waals surface area (Å²) < 4.78 is 0. The number of hydrogen-bond donors (Lipinski definition) is 1. The first-order chi connectivity index (χ1) is 9.75. The number of nitrogens with one attached hydrogen (secondary N) is 1. The van der Waals surface area contributed by atoms with Crippen LogP contribution in [0, 0.1) is 0 Å². The Hall–Kier alpha value is -2.36. The van der Waals surface area contributed by atoms with Gasteiger partial charge in [-0.15, -0.1) is 0 Å². The predicted octanol–water partition coefficient (Wildman–Crippen LogP) is 2.22. The summed E-state index contributed by atoms with van der Waals surface area (Å²) in [4.78, 5) is 18.0. The molecule has 0 atom stereocenters. The normalized spacial score (nSPS) is 10.1. The number of pyridine rings is 1. The third-order valence-corrected chi connectivity index (χ3v) is 3.06. The summed E-state index contributed by atoms with van der Waals surface area (Å²) in [5.41, 5.74) is 1.99. The number of aromatic nitrogens is 1. The SMILES string of the molecule is CN(CCC(=O)NCc1ccccn1)c1ccccc1. The van der Waals surface area contributed by atoms with Crippen molar-refractivity contribution in [3.05, 3.63) is 60.4 Å². The van der Waals surface area contributed by atoms with E-state index in [-0.39, 0.29) is 5.91 Å². The molecule has 0 bridgehead atoms. The molecule has 1 heterocycles. The molecule has 104 valence electrons. The van der Waals surface area contributed by atoms with Gasteiger partial charge >= 0.3 is 0 Å². The number of hydrogen-bond acceptors (Lipinski definition) is 3. The number of rotatable bonds is 6. The minimum atomic E-state index is 0.0402. The zero-order valence-corrected chi connectivity index (χ0v) is 11.6. The highest BCUT2D eigenvalue weighted by atomic mass is 16.1. The second-order valence-electron chi connectivity index (χ2n) is 4.60. The van der Waals surface area contributed by atoms with Gasteiger partial charge in [0, 0.05) is 31.9 Å². The van der Waals surface area contributed by atoms with Crippen molar-refractivity contribution in [1.29, 1.82) is 0 Å². The van der Waals surface area contributed by atoms with Crippen molar-refractivity contribution in [3.63, 3.8) is 0 Å². The molecule has 0 radical (unpaired) electrons. The standard InChI is InChI=1S/C16H19N3O/c1-19(15-8-3-2-4-9-15)12-10-16(20)18-13-14-7-5-6-11-17-14/h2-9,11H,10,12-13H2,1H3,(H,18,20). The van der Waals surface area contributed by atoms with E-state index in [2.05, 4.69) is 15.2 Å². The molecule has 0 saturated carbocycles. The van der Waals surface area contributed by atoms with Gasteiger partial charge in [-0.25, -0.2) is 0 Å². The maximum absolute atomic E-state index is 11.8. The molecule has 0 aliphatic rings. The van der Waals surface area contributed by atoms with Crippen LogP contribution in [-0.2, 0) is 11.3 Å². The number of para-hydroxylation sites is 1. The lowest BCUT2D eigenvalue weighted by Gasteiger charge is -2.18. The Balaban J connectivity index is 1.73. The Kier molecular flexibility index (Phi) is 5.12. The molecule has 0 aliphatic heterocycles. The highest BCUT2D eigenvalue weighted by molar-refractivity contribution is 5.76. The number of carbonyl (C=O) groups is 1. The molecular weight excluding hydrogens is 250 g/mol. The van der Waals surface area contributed by atoms with Crippen molar-refractivity contribution in [3.8, 4) is 0 Å². The average molecular weight is 269 g/mol. The van der Waals surface area contributed by atoms with Crippen LogP contribution in [-0.4, -0.2) is 24.5 Å². The van der Waals surface area contributed by atoms with Gasteiger partial charge in [0.1, 0.15) is 0 Å². The van der Waals surface area contributed by atoms with E-state index < -0.39 is 0 Å². The van der Waals surface area contributed by atoms with Crippen molar-refractivity contribution in [2.75, 3.05) is 18.5 Å². The molecule has 0 spiro atoms. The van der Waals surface area contributed by atoms with Crippen LogP contribution < -0.4 is 10.2 Å². The van der Waals surface area contributed by atoms with E-state index in [0.29, 0.717) is 19.5 Å². The molecule has 1 aromatic heterocycles. The van der Waals surface area contributed by atoms with Crippen LogP contribution in [0.15, 0.2) is 54.7 Å². The topological polar surface area (TPSA) is 45.2 Å². The van der Waals surface area contributed by atoms with Crippen LogP contribution >= 0.6 is 0 Å². The van der Waals surface area contributed by atoms with Gasteiger partial charge in [-0.2, -0.15) is 0 Å². The summed E-state index contributed by atoms with van der Waals surface area (Å²) in [6.07, 6.45) is 2.20. The van der Waals surface area contributed by atoms with Crippen molar-refractivity contribution < 1.29 is 4.79 Å². The van der Waals surface area contributed by atoms with Gasteiger partial charge in [-0.05, 0) is 24.3 Å². The van der Waals surface area contributed by atoms with Crippen molar-refractivity contribution in [2.24, 2.45) is 0 Å². The smallest absolute Gasteiger partial charge is 0.222 e. The fourth-order valence-corrected chi connectivity index (χ4v) is 1.86. The highest BCUT2D eigenvalue weighted by Crippen LogP contribution is 2.10. The molecule has 1 N–H and O–H groups in total. The first-order valence-electron chi connectivity index (χ1n) is 6.68. The molecule has 2 rings (SSSR count). The molecule has 2 aromatic rings. The van der Waals surface area contributed by atoms with Gasteiger partial charge in [0.25, 0.3) is 0 Å². The monoisotopic (exact) mass is 269 g/mol. The lowest BCUT2D eigenvalue weighted by molar-refractivity contribution is -0.121. The fourth-order valence-electron chi connectivity index (χ4n) is 1.86. The molecule has 4 nitrogen and oxygen atoms in total. The lowest BCUT2D eigenvalue weighted by atomic mass is 10.2. The van der Waals surface area contributed by atoms with Gasteiger partial charge in [0.05, 0.1) is 12.2 Å². The van der Waals surface area contributed by atoms with Crippen LogP contribution in [0.3, 0.4) is 0 Å². The zero-order chi connectivity index (χ0) is 14.2. The van der Waals surface area contributed by atoms with Gasteiger partial charge in [0.15, 0.2) is 0 Å². The minimum Gasteiger partial charge on any atom is -0.374 e. The lowest BCUT2D eigenvalue weighted by Crippen LogP contribution is -2.28. The van der Waals surface area contributed by atoms with Gasteiger partial charge in [-0.3, -0.25) is 9.78 Å². The van der Waals surface area contributed by atoms with Gasteiger partial charge < -0.3 is 10.2 Å². The first kappa shape index (κ1) is 14.1. The zero-order valence-electron chi connectivity index (χ0n) is 11.6. The van der Waals surface area contributed by atoms with E-state index in [9.17, 15) is 4.79 Å². The number of amides is 1. The number of anilines is 1. The summed E-state index contributed by atoms with van der Waals surface area (Å²) in [5.74, 6) is 0.0402. The third kappa shape index (κ3) is 4.39. The van der Waals surface area contributed by atoms with Crippen LogP contribution in [0.25, 0.3) is 0 Å². The number of nitrogens with zero attached hydrogens (tertiary/aromatic N) is 2. The Bertz CT molecular complexity index is 528. The Morgan fingerprint density at radius 1 is 1.15 bits per heavy atom. The van der Waals surface area contributed by atoms with E-state index in [4.69, 9.17) is 0 Å². The molecule has 0 aliphatic carbocycles. The molecule has 0 fully saturated rings. The molecule has 0 unspecified atom stereocenters. The van der Waals surface area contributed by atoms with E-state index >= 15 is 0 Å². The number of carbonyl (C=O) groups excluding carboxylic acids is 1. The first-order valence-corrected chi connectivity index (χ1v) is 6.68. The third-order valence-electron chi connectivity index (χ3n) is 3.06. The largest absolute Gasteiger partial charge is 0.374 e. The molecule has 20 heavy (non-hydrogen) atoms. The van der Waals surface area contributed by atoms with Crippen LogP contribution in [0.2, 0.25) is 0 Å². The maximum Gasteiger partial charge on any atom is 0.222 e. The second kappa shape index (κ2) is 7.28. The summed E-state index contributed by atoms with van der Waals surface area (Å²) in [7, 11) is 1.99.